The number of benzene rings is 1. The van der Waals surface area contributed by atoms with Crippen LogP contribution in [-0.2, 0) is 11.0 Å². The molecule has 0 saturated heterocycles. The highest BCUT2D eigenvalue weighted by Gasteiger charge is 2.06. The maximum absolute atomic E-state index is 12.1. The Morgan fingerprint density at radius 1 is 1.21 bits per heavy atom. The molecule has 1 aromatic carbocycles. The van der Waals surface area contributed by atoms with E-state index in [9.17, 15) is 4.21 Å². The van der Waals surface area contributed by atoms with Gasteiger partial charge >= 0.3 is 0 Å². The zero-order valence-electron chi connectivity index (χ0n) is 11.2. The molecule has 1 aromatic rings. The maximum atomic E-state index is 12.1. The van der Waals surface area contributed by atoms with Crippen LogP contribution < -0.4 is 15.4 Å². The summed E-state index contributed by atoms with van der Waals surface area (Å²) in [7, 11) is 2.33. The normalized spacial score (nSPS) is 12.4. The zero-order valence-corrected chi connectivity index (χ0v) is 12.0. The molecule has 0 bridgehead atoms. The van der Waals surface area contributed by atoms with E-state index in [1.807, 2.05) is 32.3 Å². The second kappa shape index (κ2) is 7.43. The zero-order chi connectivity index (χ0) is 14.3. The Kier molecular flexibility index (Phi) is 5.89. The fourth-order valence-electron chi connectivity index (χ4n) is 1.52. The lowest BCUT2D eigenvalue weighted by Crippen LogP contribution is -2.06. The van der Waals surface area contributed by atoms with Gasteiger partial charge in [0.15, 0.2) is 0 Å². The van der Waals surface area contributed by atoms with Gasteiger partial charge in [-0.05, 0) is 24.3 Å². The average Bonchev–Trinajstić information content (AvgIpc) is 2.44. The van der Waals surface area contributed by atoms with Gasteiger partial charge < -0.3 is 15.4 Å². The average molecular weight is 277 g/mol. The molecule has 3 N–H and O–H groups in total. The summed E-state index contributed by atoms with van der Waals surface area (Å²) in [6, 6.07) is 5.66. The Labute approximate surface area is 116 Å². The van der Waals surface area contributed by atoms with Crippen molar-refractivity contribution in [1.29, 1.82) is 0 Å². The van der Waals surface area contributed by atoms with Crippen LogP contribution in [0.25, 0.3) is 0 Å². The van der Waals surface area contributed by atoms with Crippen molar-refractivity contribution in [3.8, 4) is 0 Å². The summed E-state index contributed by atoms with van der Waals surface area (Å²) in [6.45, 7) is 7.22. The predicted molar refractivity (Wildman–Crippen MR) is 85.8 cm³/mol. The summed E-state index contributed by atoms with van der Waals surface area (Å²) < 4.78 is 15.0. The standard InChI is InChI=1S/C14H19N3OS/c1-5-7-12(6-2)19(18)17-11-8-9-13(15-3)14(10-11)16-4/h5-10,15-17H,1-2H2,3-4H3/b12-7+. The lowest BCUT2D eigenvalue weighted by molar-refractivity contribution is 0.690. The number of hydrogen-bond acceptors (Lipinski definition) is 3. The van der Waals surface area contributed by atoms with E-state index in [2.05, 4.69) is 28.5 Å². The van der Waals surface area contributed by atoms with Crippen molar-refractivity contribution in [1.82, 2.24) is 0 Å². The van der Waals surface area contributed by atoms with Gasteiger partial charge in [-0.15, -0.1) is 0 Å². The van der Waals surface area contributed by atoms with Gasteiger partial charge in [-0.1, -0.05) is 25.3 Å². The molecule has 0 aliphatic heterocycles. The molecular formula is C14H19N3OS. The van der Waals surface area contributed by atoms with E-state index in [0.717, 1.165) is 17.1 Å². The van der Waals surface area contributed by atoms with Gasteiger partial charge in [-0.25, -0.2) is 4.21 Å². The first-order valence-electron chi connectivity index (χ1n) is 5.79. The topological polar surface area (TPSA) is 53.2 Å². The molecule has 0 spiro atoms. The fraction of sp³-hybridized carbons (Fsp3) is 0.143. The van der Waals surface area contributed by atoms with E-state index < -0.39 is 11.0 Å². The van der Waals surface area contributed by atoms with Crippen molar-refractivity contribution < 1.29 is 4.21 Å². The Morgan fingerprint density at radius 2 is 1.89 bits per heavy atom. The highest BCUT2D eigenvalue weighted by atomic mass is 32.2. The molecule has 0 saturated carbocycles. The first-order chi connectivity index (χ1) is 9.15. The second-order valence-electron chi connectivity index (χ2n) is 3.64. The van der Waals surface area contributed by atoms with Gasteiger partial charge in [0, 0.05) is 19.8 Å². The molecule has 1 unspecified atom stereocenters. The highest BCUT2D eigenvalue weighted by Crippen LogP contribution is 2.25. The molecule has 0 amide bonds. The molecule has 0 aliphatic carbocycles. The molecule has 0 aromatic heterocycles. The Balaban J connectivity index is 2.94. The van der Waals surface area contributed by atoms with E-state index in [1.165, 1.54) is 0 Å². The minimum Gasteiger partial charge on any atom is -0.386 e. The summed E-state index contributed by atoms with van der Waals surface area (Å²) >= 11 is 0. The molecule has 19 heavy (non-hydrogen) atoms. The Hall–Kier alpha value is -2.01. The van der Waals surface area contributed by atoms with Crippen LogP contribution in [0.2, 0.25) is 0 Å². The first-order valence-corrected chi connectivity index (χ1v) is 6.94. The van der Waals surface area contributed by atoms with Crippen molar-refractivity contribution in [2.45, 2.75) is 0 Å². The van der Waals surface area contributed by atoms with Gasteiger partial charge in [-0.3, -0.25) is 0 Å². The number of anilines is 3. The van der Waals surface area contributed by atoms with E-state index in [1.54, 1.807) is 18.2 Å². The molecular weight excluding hydrogens is 258 g/mol. The fourth-order valence-corrected chi connectivity index (χ4v) is 2.35. The van der Waals surface area contributed by atoms with Crippen LogP contribution in [0.4, 0.5) is 17.1 Å². The minimum absolute atomic E-state index is 0.582. The summed E-state index contributed by atoms with van der Waals surface area (Å²) in [4.78, 5) is 0.582. The molecule has 1 rings (SSSR count). The van der Waals surface area contributed by atoms with Crippen molar-refractivity contribution in [2.75, 3.05) is 29.5 Å². The molecule has 0 fully saturated rings. The highest BCUT2D eigenvalue weighted by molar-refractivity contribution is 7.90. The molecule has 0 aliphatic rings. The molecule has 102 valence electrons. The Morgan fingerprint density at radius 3 is 2.42 bits per heavy atom. The van der Waals surface area contributed by atoms with Gasteiger partial charge in [0.2, 0.25) is 0 Å². The van der Waals surface area contributed by atoms with Gasteiger partial charge in [0.25, 0.3) is 0 Å². The van der Waals surface area contributed by atoms with Crippen LogP contribution in [0.5, 0.6) is 0 Å². The van der Waals surface area contributed by atoms with Crippen molar-refractivity contribution in [3.63, 3.8) is 0 Å². The van der Waals surface area contributed by atoms with Crippen LogP contribution in [0, 0.1) is 0 Å². The summed E-state index contributed by atoms with van der Waals surface area (Å²) in [5.41, 5.74) is 2.67. The number of allylic oxidation sites excluding steroid dienone is 3. The number of nitrogens with one attached hydrogen (secondary N) is 3. The third-order valence-corrected chi connectivity index (χ3v) is 3.62. The molecule has 4 nitrogen and oxygen atoms in total. The van der Waals surface area contributed by atoms with Crippen molar-refractivity contribution in [2.24, 2.45) is 0 Å². The third-order valence-electron chi connectivity index (χ3n) is 2.47. The van der Waals surface area contributed by atoms with E-state index in [0.29, 0.717) is 4.91 Å². The van der Waals surface area contributed by atoms with Gasteiger partial charge in [0.1, 0.15) is 11.0 Å². The van der Waals surface area contributed by atoms with E-state index in [-0.39, 0.29) is 0 Å². The number of rotatable bonds is 7. The SMILES string of the molecule is C=C/C=C(\C=C)S(=O)Nc1ccc(NC)c(NC)c1. The summed E-state index contributed by atoms with van der Waals surface area (Å²) in [5.74, 6) is 0. The first kappa shape index (κ1) is 15.0. The van der Waals surface area contributed by atoms with Crippen molar-refractivity contribution >= 4 is 28.0 Å². The molecule has 1 atom stereocenters. The van der Waals surface area contributed by atoms with Crippen LogP contribution in [-0.4, -0.2) is 18.3 Å². The lowest BCUT2D eigenvalue weighted by atomic mass is 10.2. The summed E-state index contributed by atoms with van der Waals surface area (Å²) in [6.07, 6.45) is 4.79. The smallest absolute Gasteiger partial charge is 0.150 e. The van der Waals surface area contributed by atoms with Gasteiger partial charge in [0.05, 0.1) is 16.3 Å². The largest absolute Gasteiger partial charge is 0.386 e. The third kappa shape index (κ3) is 3.99. The summed E-state index contributed by atoms with van der Waals surface area (Å²) in [5, 5.41) is 6.15. The minimum atomic E-state index is -1.35. The van der Waals surface area contributed by atoms with Crippen LogP contribution in [0.15, 0.2) is 54.5 Å². The van der Waals surface area contributed by atoms with Crippen LogP contribution in [0.1, 0.15) is 0 Å². The predicted octanol–water partition coefficient (Wildman–Crippen LogP) is 3.10. The van der Waals surface area contributed by atoms with E-state index in [4.69, 9.17) is 0 Å². The monoisotopic (exact) mass is 277 g/mol. The maximum Gasteiger partial charge on any atom is 0.150 e. The lowest BCUT2D eigenvalue weighted by Gasteiger charge is -2.12. The Bertz CT molecular complexity index is 523. The van der Waals surface area contributed by atoms with Crippen LogP contribution >= 0.6 is 0 Å². The number of hydrogen-bond donors (Lipinski definition) is 3. The molecule has 5 heteroatoms. The quantitative estimate of drug-likeness (QED) is 0.671. The van der Waals surface area contributed by atoms with Crippen molar-refractivity contribution in [3.05, 3.63) is 54.5 Å². The molecule has 0 heterocycles. The second-order valence-corrected chi connectivity index (χ2v) is 4.85. The van der Waals surface area contributed by atoms with E-state index >= 15 is 0 Å². The molecule has 0 radical (unpaired) electrons. The van der Waals surface area contributed by atoms with Crippen LogP contribution in [0.3, 0.4) is 0 Å². The van der Waals surface area contributed by atoms with Gasteiger partial charge in [-0.2, -0.15) is 0 Å².